The Morgan fingerprint density at radius 1 is 0.615 bits per heavy atom. The van der Waals surface area contributed by atoms with Crippen LogP contribution in [0.5, 0.6) is 0 Å². The average Bonchev–Trinajstić information content (AvgIpc) is 2.63. The Labute approximate surface area is 163 Å². The van der Waals surface area contributed by atoms with E-state index in [2.05, 4.69) is 6.92 Å². The summed E-state index contributed by atoms with van der Waals surface area (Å²) in [5, 5.41) is 0. The van der Waals surface area contributed by atoms with Crippen LogP contribution >= 0.6 is 0 Å². The second-order valence-electron chi connectivity index (χ2n) is 7.36. The smallest absolute Gasteiger partial charge is 0.248 e. The molecular weight excluding hydrogens is 348 g/mol. The van der Waals surface area contributed by atoms with Crippen molar-refractivity contribution in [1.29, 1.82) is 0 Å². The molecule has 0 fully saturated rings. The molecule has 0 amide bonds. The van der Waals surface area contributed by atoms with Crippen molar-refractivity contribution in [3.05, 3.63) is 0 Å². The zero-order valence-corrected chi connectivity index (χ0v) is 18.5. The van der Waals surface area contributed by atoms with Crippen molar-refractivity contribution in [2.75, 3.05) is 6.61 Å². The van der Waals surface area contributed by atoms with E-state index in [1.54, 1.807) is 0 Å². The maximum absolute atomic E-state index is 11.6. The largest absolute Gasteiger partial charge is 0.400 e. The molecule has 0 rings (SSSR count). The van der Waals surface area contributed by atoms with Crippen molar-refractivity contribution in [2.45, 2.75) is 130 Å². The van der Waals surface area contributed by atoms with Gasteiger partial charge in [0, 0.05) is 0 Å². The van der Waals surface area contributed by atoms with Gasteiger partial charge in [0.25, 0.3) is 0 Å². The number of rotatable bonds is 20. The quantitative estimate of drug-likeness (QED) is 0.211. The minimum atomic E-state index is -3.82. The minimum absolute atomic E-state index is 0.237. The molecule has 0 aliphatic rings. The van der Waals surface area contributed by atoms with E-state index in [-0.39, 0.29) is 12.7 Å². The second-order valence-corrected chi connectivity index (χ2v) is 8.61. The SMILES string of the molecule is CCCCCCCCCCCCCCCCOS(=O)(=O)OC(CC)CC. The number of hydrogen-bond acceptors (Lipinski definition) is 4. The van der Waals surface area contributed by atoms with Gasteiger partial charge in [-0.25, -0.2) is 8.37 Å². The summed E-state index contributed by atoms with van der Waals surface area (Å²) in [6.45, 7) is 6.33. The summed E-state index contributed by atoms with van der Waals surface area (Å²) in [6.07, 6.45) is 19.0. The fraction of sp³-hybridized carbons (Fsp3) is 1.00. The van der Waals surface area contributed by atoms with Gasteiger partial charge in [-0.3, -0.25) is 0 Å². The first kappa shape index (κ1) is 25.9. The molecule has 4 nitrogen and oxygen atoms in total. The molecule has 0 radical (unpaired) electrons. The van der Waals surface area contributed by atoms with Gasteiger partial charge in [0.2, 0.25) is 0 Å². The van der Waals surface area contributed by atoms with Crippen LogP contribution in [0.4, 0.5) is 0 Å². The second kappa shape index (κ2) is 18.2. The van der Waals surface area contributed by atoms with E-state index in [1.165, 1.54) is 70.6 Å². The Morgan fingerprint density at radius 3 is 1.38 bits per heavy atom. The molecule has 0 saturated heterocycles. The summed E-state index contributed by atoms with van der Waals surface area (Å²) in [6, 6.07) is 0. The topological polar surface area (TPSA) is 52.6 Å². The molecule has 0 aromatic heterocycles. The molecule has 158 valence electrons. The Morgan fingerprint density at radius 2 is 1.00 bits per heavy atom. The van der Waals surface area contributed by atoms with Crippen LogP contribution in [0.1, 0.15) is 124 Å². The lowest BCUT2D eigenvalue weighted by molar-refractivity contribution is 0.148. The number of unbranched alkanes of at least 4 members (excludes halogenated alkanes) is 13. The maximum Gasteiger partial charge on any atom is 0.400 e. The van der Waals surface area contributed by atoms with Gasteiger partial charge >= 0.3 is 10.4 Å². The highest BCUT2D eigenvalue weighted by atomic mass is 32.3. The lowest BCUT2D eigenvalue weighted by Crippen LogP contribution is -2.19. The Bertz CT molecular complexity index is 377. The van der Waals surface area contributed by atoms with E-state index in [0.29, 0.717) is 12.8 Å². The first-order chi connectivity index (χ1) is 12.6. The lowest BCUT2D eigenvalue weighted by atomic mass is 10.0. The Balaban J connectivity index is 3.33. The van der Waals surface area contributed by atoms with Crippen molar-refractivity contribution in [3.63, 3.8) is 0 Å². The Hall–Kier alpha value is -0.130. The molecule has 0 aliphatic carbocycles. The van der Waals surface area contributed by atoms with E-state index < -0.39 is 10.4 Å². The van der Waals surface area contributed by atoms with Crippen LogP contribution in [0.15, 0.2) is 0 Å². The van der Waals surface area contributed by atoms with Crippen LogP contribution in [0.3, 0.4) is 0 Å². The standard InChI is InChI=1S/C21H44O4S/c1-4-7-8-9-10-11-12-13-14-15-16-17-18-19-20-24-26(22,23)25-21(5-2)6-3/h21H,4-20H2,1-3H3. The van der Waals surface area contributed by atoms with Gasteiger partial charge < -0.3 is 0 Å². The predicted octanol–water partition coefficient (Wildman–Crippen LogP) is 6.93. The highest BCUT2D eigenvalue weighted by Crippen LogP contribution is 2.14. The van der Waals surface area contributed by atoms with Crippen molar-refractivity contribution >= 4 is 10.4 Å². The van der Waals surface area contributed by atoms with E-state index >= 15 is 0 Å². The first-order valence-corrected chi connectivity index (χ1v) is 12.5. The van der Waals surface area contributed by atoms with Crippen molar-refractivity contribution in [3.8, 4) is 0 Å². The summed E-state index contributed by atoms with van der Waals surface area (Å²) in [5.74, 6) is 0. The summed E-state index contributed by atoms with van der Waals surface area (Å²) in [7, 11) is -3.82. The number of hydrogen-bond donors (Lipinski definition) is 0. The van der Waals surface area contributed by atoms with E-state index in [9.17, 15) is 8.42 Å². The maximum atomic E-state index is 11.6. The van der Waals surface area contributed by atoms with Gasteiger partial charge in [-0.1, -0.05) is 104 Å². The first-order valence-electron chi connectivity index (χ1n) is 11.1. The molecule has 5 heteroatoms. The van der Waals surface area contributed by atoms with Crippen LogP contribution in [0.2, 0.25) is 0 Å². The predicted molar refractivity (Wildman–Crippen MR) is 111 cm³/mol. The highest BCUT2D eigenvalue weighted by Gasteiger charge is 2.17. The van der Waals surface area contributed by atoms with Crippen molar-refractivity contribution < 1.29 is 16.8 Å². The van der Waals surface area contributed by atoms with Crippen LogP contribution in [-0.2, 0) is 18.8 Å². The molecule has 0 saturated carbocycles. The molecule has 0 spiro atoms. The van der Waals surface area contributed by atoms with E-state index in [0.717, 1.165) is 19.3 Å². The zero-order chi connectivity index (χ0) is 19.5. The van der Waals surface area contributed by atoms with Crippen LogP contribution in [-0.4, -0.2) is 21.1 Å². The highest BCUT2D eigenvalue weighted by molar-refractivity contribution is 7.81. The van der Waals surface area contributed by atoms with Gasteiger partial charge in [0.15, 0.2) is 0 Å². The van der Waals surface area contributed by atoms with Gasteiger partial charge in [-0.05, 0) is 19.3 Å². The molecule has 0 aromatic rings. The monoisotopic (exact) mass is 392 g/mol. The fourth-order valence-corrected chi connectivity index (χ4v) is 4.06. The van der Waals surface area contributed by atoms with Gasteiger partial charge in [0.1, 0.15) is 0 Å². The summed E-state index contributed by atoms with van der Waals surface area (Å²) in [5.41, 5.74) is 0. The molecule has 0 aromatic carbocycles. The third-order valence-corrected chi connectivity index (χ3v) is 5.85. The summed E-state index contributed by atoms with van der Waals surface area (Å²) in [4.78, 5) is 0. The third kappa shape index (κ3) is 17.3. The summed E-state index contributed by atoms with van der Waals surface area (Å²) >= 11 is 0. The van der Waals surface area contributed by atoms with Crippen LogP contribution in [0, 0.1) is 0 Å². The average molecular weight is 393 g/mol. The molecule has 0 unspecified atom stereocenters. The zero-order valence-electron chi connectivity index (χ0n) is 17.6. The van der Waals surface area contributed by atoms with Gasteiger partial charge in [0.05, 0.1) is 12.7 Å². The fourth-order valence-electron chi connectivity index (χ4n) is 3.08. The molecule has 0 bridgehead atoms. The van der Waals surface area contributed by atoms with Crippen LogP contribution in [0.25, 0.3) is 0 Å². The van der Waals surface area contributed by atoms with Gasteiger partial charge in [-0.15, -0.1) is 0 Å². The Kier molecular flexibility index (Phi) is 18.2. The van der Waals surface area contributed by atoms with E-state index in [1.807, 2.05) is 13.8 Å². The van der Waals surface area contributed by atoms with Crippen molar-refractivity contribution in [2.24, 2.45) is 0 Å². The van der Waals surface area contributed by atoms with E-state index in [4.69, 9.17) is 8.37 Å². The molecule has 0 N–H and O–H groups in total. The molecular formula is C21H44O4S. The minimum Gasteiger partial charge on any atom is -0.248 e. The van der Waals surface area contributed by atoms with Crippen molar-refractivity contribution in [1.82, 2.24) is 0 Å². The van der Waals surface area contributed by atoms with Gasteiger partial charge in [-0.2, -0.15) is 8.42 Å². The molecule has 0 atom stereocenters. The molecule has 26 heavy (non-hydrogen) atoms. The lowest BCUT2D eigenvalue weighted by Gasteiger charge is -2.13. The van der Waals surface area contributed by atoms with Crippen LogP contribution < -0.4 is 0 Å². The normalized spacial score (nSPS) is 12.2. The molecule has 0 heterocycles. The third-order valence-electron chi connectivity index (χ3n) is 4.89. The molecule has 0 aliphatic heterocycles. The summed E-state index contributed by atoms with van der Waals surface area (Å²) < 4.78 is 33.2.